The molecule has 0 aromatic heterocycles. The molecule has 4 heteroatoms. The van der Waals surface area contributed by atoms with E-state index >= 15 is 0 Å². The van der Waals surface area contributed by atoms with E-state index in [0.717, 1.165) is 18.4 Å². The molecule has 0 heterocycles. The number of fused-ring (bicyclic) bond motifs is 1. The van der Waals surface area contributed by atoms with Gasteiger partial charge in [-0.1, -0.05) is 18.2 Å². The molecule has 0 saturated heterocycles. The zero-order valence-corrected chi connectivity index (χ0v) is 10.3. The molecule has 2 rings (SSSR count). The molecule has 1 aliphatic carbocycles. The van der Waals surface area contributed by atoms with Gasteiger partial charge in [0.15, 0.2) is 0 Å². The maximum atomic E-state index is 11.3. The summed E-state index contributed by atoms with van der Waals surface area (Å²) in [7, 11) is -3.48. The summed E-state index contributed by atoms with van der Waals surface area (Å²) < 4.78 is 22.6. The highest BCUT2D eigenvalue weighted by molar-refractivity contribution is 7.89. The van der Waals surface area contributed by atoms with Crippen LogP contribution < -0.4 is 5.14 Å². The third-order valence-corrected chi connectivity index (χ3v) is 4.59. The lowest BCUT2D eigenvalue weighted by Gasteiger charge is -2.18. The second-order valence-electron chi connectivity index (χ2n) is 4.47. The lowest BCUT2D eigenvalue weighted by atomic mass is 9.90. The smallest absolute Gasteiger partial charge is 0.215 e. The average molecular weight is 239 g/mol. The van der Waals surface area contributed by atoms with Gasteiger partial charge in [-0.05, 0) is 49.3 Å². The molecule has 1 aliphatic rings. The van der Waals surface area contributed by atoms with Gasteiger partial charge in [0.1, 0.15) is 0 Å². The Morgan fingerprint density at radius 3 is 2.44 bits per heavy atom. The van der Waals surface area contributed by atoms with Crippen LogP contribution in [-0.4, -0.2) is 8.42 Å². The highest BCUT2D eigenvalue weighted by atomic mass is 32.2. The SMILES string of the molecule is CC(c1ccc2c(c1)CCCC2)S(N)(=O)=O. The zero-order valence-electron chi connectivity index (χ0n) is 9.44. The van der Waals surface area contributed by atoms with Crippen molar-refractivity contribution >= 4 is 10.0 Å². The van der Waals surface area contributed by atoms with E-state index in [1.807, 2.05) is 18.2 Å². The molecular formula is C12H17NO2S. The second-order valence-corrected chi connectivity index (χ2v) is 6.35. The van der Waals surface area contributed by atoms with Gasteiger partial charge in [0, 0.05) is 0 Å². The molecular weight excluding hydrogens is 222 g/mol. The van der Waals surface area contributed by atoms with Gasteiger partial charge in [-0.15, -0.1) is 0 Å². The van der Waals surface area contributed by atoms with Gasteiger partial charge < -0.3 is 0 Å². The summed E-state index contributed by atoms with van der Waals surface area (Å²) in [6.07, 6.45) is 4.59. The molecule has 1 aromatic carbocycles. The molecule has 0 fully saturated rings. The van der Waals surface area contributed by atoms with Crippen molar-refractivity contribution in [1.82, 2.24) is 0 Å². The van der Waals surface area contributed by atoms with E-state index in [-0.39, 0.29) is 0 Å². The Labute approximate surface area is 96.7 Å². The Morgan fingerprint density at radius 1 is 1.19 bits per heavy atom. The minimum absolute atomic E-state index is 0.611. The van der Waals surface area contributed by atoms with Crippen molar-refractivity contribution in [2.45, 2.75) is 37.9 Å². The standard InChI is InChI=1S/C12H17NO2S/c1-9(16(13,14)15)11-7-6-10-4-2-3-5-12(10)8-11/h6-9H,2-5H2,1H3,(H2,13,14,15). The molecule has 0 spiro atoms. The summed E-state index contributed by atoms with van der Waals surface area (Å²) in [5.74, 6) is 0. The number of aryl methyl sites for hydroxylation is 2. The monoisotopic (exact) mass is 239 g/mol. The van der Waals surface area contributed by atoms with Gasteiger partial charge in [0.05, 0.1) is 5.25 Å². The summed E-state index contributed by atoms with van der Waals surface area (Å²) in [6, 6.07) is 5.94. The van der Waals surface area contributed by atoms with E-state index in [1.54, 1.807) is 6.92 Å². The van der Waals surface area contributed by atoms with Crippen LogP contribution in [0.15, 0.2) is 18.2 Å². The molecule has 16 heavy (non-hydrogen) atoms. The Balaban J connectivity index is 2.37. The van der Waals surface area contributed by atoms with Crippen LogP contribution in [-0.2, 0) is 22.9 Å². The number of sulfonamides is 1. The fourth-order valence-electron chi connectivity index (χ4n) is 2.20. The molecule has 0 radical (unpaired) electrons. The van der Waals surface area contributed by atoms with Crippen LogP contribution in [0, 0.1) is 0 Å². The molecule has 0 aliphatic heterocycles. The molecule has 0 amide bonds. The summed E-state index contributed by atoms with van der Waals surface area (Å²) in [5, 5.41) is 4.55. The Hall–Kier alpha value is -0.870. The lowest BCUT2D eigenvalue weighted by Crippen LogP contribution is -2.19. The van der Waals surface area contributed by atoms with E-state index in [2.05, 4.69) is 0 Å². The largest absolute Gasteiger partial charge is 0.228 e. The first-order chi connectivity index (χ1) is 7.48. The molecule has 2 N–H and O–H groups in total. The Bertz CT molecular complexity index is 494. The predicted octanol–water partition coefficient (Wildman–Crippen LogP) is 1.91. The van der Waals surface area contributed by atoms with Crippen LogP contribution in [0.4, 0.5) is 0 Å². The third kappa shape index (κ3) is 2.28. The predicted molar refractivity (Wildman–Crippen MR) is 64.6 cm³/mol. The molecule has 3 nitrogen and oxygen atoms in total. The maximum absolute atomic E-state index is 11.3. The van der Waals surface area contributed by atoms with Gasteiger partial charge in [-0.25, -0.2) is 13.6 Å². The van der Waals surface area contributed by atoms with Crippen LogP contribution in [0.3, 0.4) is 0 Å². The number of rotatable bonds is 2. The van der Waals surface area contributed by atoms with Gasteiger partial charge in [-0.2, -0.15) is 0 Å². The van der Waals surface area contributed by atoms with E-state index in [9.17, 15) is 8.42 Å². The minimum atomic E-state index is -3.48. The molecule has 0 bridgehead atoms. The summed E-state index contributed by atoms with van der Waals surface area (Å²) in [4.78, 5) is 0. The fourth-order valence-corrected chi connectivity index (χ4v) is 2.72. The van der Waals surface area contributed by atoms with Crippen LogP contribution in [0.25, 0.3) is 0 Å². The summed E-state index contributed by atoms with van der Waals surface area (Å²) in [6.45, 7) is 1.64. The molecule has 1 aromatic rings. The van der Waals surface area contributed by atoms with Crippen LogP contribution >= 0.6 is 0 Å². The highest BCUT2D eigenvalue weighted by Gasteiger charge is 2.19. The number of hydrogen-bond donors (Lipinski definition) is 1. The fraction of sp³-hybridized carbons (Fsp3) is 0.500. The van der Waals surface area contributed by atoms with Gasteiger partial charge >= 0.3 is 0 Å². The first-order valence-corrected chi connectivity index (χ1v) is 7.23. The Kier molecular flexibility index (Phi) is 3.04. The van der Waals surface area contributed by atoms with Crippen LogP contribution in [0.1, 0.15) is 41.7 Å². The van der Waals surface area contributed by atoms with E-state index in [0.29, 0.717) is 0 Å². The zero-order chi connectivity index (χ0) is 11.8. The third-order valence-electron chi connectivity index (χ3n) is 3.33. The van der Waals surface area contributed by atoms with Gasteiger partial charge in [0.25, 0.3) is 0 Å². The molecule has 1 unspecified atom stereocenters. The highest BCUT2D eigenvalue weighted by Crippen LogP contribution is 2.26. The Morgan fingerprint density at radius 2 is 1.81 bits per heavy atom. The second kappa shape index (κ2) is 4.18. The number of hydrogen-bond acceptors (Lipinski definition) is 2. The minimum Gasteiger partial charge on any atom is -0.228 e. The topological polar surface area (TPSA) is 60.2 Å². The summed E-state index contributed by atoms with van der Waals surface area (Å²) in [5.41, 5.74) is 3.46. The van der Waals surface area contributed by atoms with Crippen molar-refractivity contribution in [3.05, 3.63) is 34.9 Å². The number of primary sulfonamides is 1. The van der Waals surface area contributed by atoms with Crippen molar-refractivity contribution in [3.8, 4) is 0 Å². The first-order valence-electron chi connectivity index (χ1n) is 5.62. The van der Waals surface area contributed by atoms with Crippen molar-refractivity contribution in [2.75, 3.05) is 0 Å². The quantitative estimate of drug-likeness (QED) is 0.857. The first kappa shape index (κ1) is 11.6. The van der Waals surface area contributed by atoms with E-state index in [1.165, 1.54) is 24.0 Å². The van der Waals surface area contributed by atoms with Crippen molar-refractivity contribution in [1.29, 1.82) is 0 Å². The summed E-state index contributed by atoms with van der Waals surface area (Å²) >= 11 is 0. The van der Waals surface area contributed by atoms with Crippen molar-refractivity contribution in [2.24, 2.45) is 5.14 Å². The van der Waals surface area contributed by atoms with E-state index < -0.39 is 15.3 Å². The van der Waals surface area contributed by atoms with Gasteiger partial charge in [0.2, 0.25) is 10.0 Å². The molecule has 1 atom stereocenters. The van der Waals surface area contributed by atoms with Crippen LogP contribution in [0.2, 0.25) is 0 Å². The van der Waals surface area contributed by atoms with E-state index in [4.69, 9.17) is 5.14 Å². The van der Waals surface area contributed by atoms with Crippen LogP contribution in [0.5, 0.6) is 0 Å². The normalized spacial score (nSPS) is 17.9. The number of benzene rings is 1. The van der Waals surface area contributed by atoms with Crippen molar-refractivity contribution < 1.29 is 8.42 Å². The average Bonchev–Trinajstić information content (AvgIpc) is 2.26. The molecule has 0 saturated carbocycles. The lowest BCUT2D eigenvalue weighted by molar-refractivity contribution is 0.587. The number of nitrogens with two attached hydrogens (primary N) is 1. The van der Waals surface area contributed by atoms with Gasteiger partial charge in [-0.3, -0.25) is 0 Å². The molecule has 88 valence electrons. The van der Waals surface area contributed by atoms with Crippen molar-refractivity contribution in [3.63, 3.8) is 0 Å². The maximum Gasteiger partial charge on any atom is 0.215 e.